The molecule has 0 radical (unpaired) electrons. The van der Waals surface area contributed by atoms with Crippen molar-refractivity contribution in [2.45, 2.75) is 38.7 Å². The van der Waals surface area contributed by atoms with Gasteiger partial charge in [0.1, 0.15) is 6.61 Å². The number of hydrogen-bond donors (Lipinski definition) is 1. The first kappa shape index (κ1) is 14.6. The number of esters is 1. The minimum Gasteiger partial charge on any atom is -0.481 e. The van der Waals surface area contributed by atoms with E-state index in [0.29, 0.717) is 25.9 Å². The average molecular weight is 276 g/mol. The van der Waals surface area contributed by atoms with Gasteiger partial charge in [-0.05, 0) is 37.2 Å². The normalized spacial score (nSPS) is 22.2. The zero-order valence-electron chi connectivity index (χ0n) is 11.5. The molecule has 0 bridgehead atoms. The molecule has 2 rings (SSSR count). The number of benzene rings is 1. The maximum Gasteiger partial charge on any atom is 0.306 e. The Bertz CT molecular complexity index is 447. The van der Waals surface area contributed by atoms with Crippen LogP contribution in [0.15, 0.2) is 30.3 Å². The van der Waals surface area contributed by atoms with Gasteiger partial charge in [0.15, 0.2) is 0 Å². The molecule has 1 aromatic carbocycles. The van der Waals surface area contributed by atoms with Crippen LogP contribution in [0.1, 0.15) is 37.7 Å². The number of hydrogen-bond acceptors (Lipinski definition) is 3. The fraction of sp³-hybridized carbons (Fsp3) is 0.500. The van der Waals surface area contributed by atoms with Gasteiger partial charge in [0.25, 0.3) is 0 Å². The summed E-state index contributed by atoms with van der Waals surface area (Å²) in [6.45, 7) is 0.310. The smallest absolute Gasteiger partial charge is 0.306 e. The van der Waals surface area contributed by atoms with E-state index < -0.39 is 5.97 Å². The Hall–Kier alpha value is -1.84. The van der Waals surface area contributed by atoms with E-state index in [2.05, 4.69) is 0 Å². The summed E-state index contributed by atoms with van der Waals surface area (Å²) in [7, 11) is 0. The van der Waals surface area contributed by atoms with Gasteiger partial charge in [0.05, 0.1) is 5.92 Å². The zero-order valence-corrected chi connectivity index (χ0v) is 11.5. The predicted octanol–water partition coefficient (Wildman–Crippen LogP) is 3.01. The molecule has 4 heteroatoms. The van der Waals surface area contributed by atoms with Crippen molar-refractivity contribution in [2.24, 2.45) is 11.8 Å². The number of carboxylic acid groups (broad SMARTS) is 1. The lowest BCUT2D eigenvalue weighted by atomic mass is 9.80. The first-order chi connectivity index (χ1) is 9.65. The Morgan fingerprint density at radius 2 is 1.75 bits per heavy atom. The fourth-order valence-corrected chi connectivity index (χ4v) is 2.65. The second-order valence-corrected chi connectivity index (χ2v) is 5.41. The van der Waals surface area contributed by atoms with Crippen LogP contribution in [0.5, 0.6) is 0 Å². The van der Waals surface area contributed by atoms with Gasteiger partial charge in [-0.15, -0.1) is 0 Å². The molecule has 108 valence electrons. The molecule has 0 saturated heterocycles. The third-order valence-electron chi connectivity index (χ3n) is 3.89. The van der Waals surface area contributed by atoms with Crippen molar-refractivity contribution < 1.29 is 19.4 Å². The van der Waals surface area contributed by atoms with E-state index in [0.717, 1.165) is 18.4 Å². The summed E-state index contributed by atoms with van der Waals surface area (Å²) in [6.07, 6.45) is 3.35. The van der Waals surface area contributed by atoms with Crippen LogP contribution < -0.4 is 0 Å². The maximum absolute atomic E-state index is 11.8. The topological polar surface area (TPSA) is 63.6 Å². The van der Waals surface area contributed by atoms with Crippen LogP contribution in [0.3, 0.4) is 0 Å². The van der Waals surface area contributed by atoms with E-state index in [1.165, 1.54) is 0 Å². The molecule has 1 saturated carbocycles. The van der Waals surface area contributed by atoms with Crippen LogP contribution in [0.2, 0.25) is 0 Å². The molecular formula is C16H20O4. The third kappa shape index (κ3) is 4.37. The van der Waals surface area contributed by atoms with Gasteiger partial charge in [-0.25, -0.2) is 0 Å². The molecule has 0 heterocycles. The summed E-state index contributed by atoms with van der Waals surface area (Å²) in [5, 5.41) is 8.93. The molecule has 0 amide bonds. The first-order valence-corrected chi connectivity index (χ1v) is 7.07. The van der Waals surface area contributed by atoms with Gasteiger partial charge in [0, 0.05) is 6.42 Å². The quantitative estimate of drug-likeness (QED) is 0.840. The summed E-state index contributed by atoms with van der Waals surface area (Å²) in [4.78, 5) is 22.6. The summed E-state index contributed by atoms with van der Waals surface area (Å²) in [5.41, 5.74) is 0.982. The minimum absolute atomic E-state index is 0.187. The van der Waals surface area contributed by atoms with Crippen LogP contribution in [0, 0.1) is 11.8 Å². The van der Waals surface area contributed by atoms with E-state index in [9.17, 15) is 9.59 Å². The van der Waals surface area contributed by atoms with Crippen molar-refractivity contribution in [1.82, 2.24) is 0 Å². The molecule has 1 aromatic rings. The van der Waals surface area contributed by atoms with Crippen LogP contribution in [0.4, 0.5) is 0 Å². The second-order valence-electron chi connectivity index (χ2n) is 5.41. The van der Waals surface area contributed by atoms with Gasteiger partial charge in [-0.1, -0.05) is 30.3 Å². The highest BCUT2D eigenvalue weighted by molar-refractivity contribution is 5.71. The van der Waals surface area contributed by atoms with Crippen LogP contribution in [0.25, 0.3) is 0 Å². The van der Waals surface area contributed by atoms with Crippen molar-refractivity contribution in [3.63, 3.8) is 0 Å². The van der Waals surface area contributed by atoms with Crippen LogP contribution in [-0.4, -0.2) is 17.0 Å². The van der Waals surface area contributed by atoms with Gasteiger partial charge < -0.3 is 9.84 Å². The lowest BCUT2D eigenvalue weighted by Crippen LogP contribution is -2.23. The number of carboxylic acids is 1. The molecule has 0 aliphatic heterocycles. The summed E-state index contributed by atoms with van der Waals surface area (Å²) < 4.78 is 5.25. The van der Waals surface area contributed by atoms with Crippen molar-refractivity contribution >= 4 is 11.9 Å². The lowest BCUT2D eigenvalue weighted by Gasteiger charge is -2.25. The number of rotatable bonds is 5. The van der Waals surface area contributed by atoms with Gasteiger partial charge in [-0.2, -0.15) is 0 Å². The number of carbonyl (C=O) groups excluding carboxylic acids is 1. The van der Waals surface area contributed by atoms with Gasteiger partial charge in [0.2, 0.25) is 0 Å². The molecule has 20 heavy (non-hydrogen) atoms. The highest BCUT2D eigenvalue weighted by atomic mass is 16.5. The first-order valence-electron chi connectivity index (χ1n) is 7.07. The highest BCUT2D eigenvalue weighted by Crippen LogP contribution is 2.31. The second kappa shape index (κ2) is 7.08. The summed E-state index contributed by atoms with van der Waals surface area (Å²) in [6, 6.07) is 9.59. The SMILES string of the molecule is O=C(CC1CCC(C(=O)O)CC1)OCc1ccccc1. The Morgan fingerprint density at radius 3 is 2.35 bits per heavy atom. The van der Waals surface area contributed by atoms with E-state index in [4.69, 9.17) is 9.84 Å². The molecule has 0 atom stereocenters. The molecule has 1 fully saturated rings. The summed E-state index contributed by atoms with van der Waals surface area (Å²) in [5.74, 6) is -0.858. The molecule has 0 aromatic heterocycles. The average Bonchev–Trinajstić information content (AvgIpc) is 2.47. The minimum atomic E-state index is -0.713. The largest absolute Gasteiger partial charge is 0.481 e. The Kier molecular flexibility index (Phi) is 5.16. The van der Waals surface area contributed by atoms with E-state index in [1.54, 1.807) is 0 Å². The van der Waals surface area contributed by atoms with Gasteiger partial charge in [-0.3, -0.25) is 9.59 Å². The van der Waals surface area contributed by atoms with Crippen molar-refractivity contribution in [3.8, 4) is 0 Å². The number of carbonyl (C=O) groups is 2. The molecular weight excluding hydrogens is 256 g/mol. The predicted molar refractivity (Wildman–Crippen MR) is 73.9 cm³/mol. The maximum atomic E-state index is 11.8. The van der Waals surface area contributed by atoms with Gasteiger partial charge >= 0.3 is 11.9 Å². The number of ether oxygens (including phenoxy) is 1. The Balaban J connectivity index is 1.69. The monoisotopic (exact) mass is 276 g/mol. The van der Waals surface area contributed by atoms with Crippen LogP contribution in [-0.2, 0) is 20.9 Å². The highest BCUT2D eigenvalue weighted by Gasteiger charge is 2.27. The molecule has 1 aliphatic rings. The standard InChI is InChI=1S/C16H20O4/c17-15(20-11-13-4-2-1-3-5-13)10-12-6-8-14(9-7-12)16(18)19/h1-5,12,14H,6-11H2,(H,18,19). The van der Waals surface area contributed by atoms with Crippen molar-refractivity contribution in [1.29, 1.82) is 0 Å². The molecule has 1 aliphatic carbocycles. The van der Waals surface area contributed by atoms with E-state index in [-0.39, 0.29) is 17.8 Å². The Morgan fingerprint density at radius 1 is 1.10 bits per heavy atom. The number of aliphatic carboxylic acids is 1. The molecule has 0 unspecified atom stereocenters. The van der Waals surface area contributed by atoms with E-state index in [1.807, 2.05) is 30.3 Å². The molecule has 0 spiro atoms. The van der Waals surface area contributed by atoms with Crippen molar-refractivity contribution in [3.05, 3.63) is 35.9 Å². The van der Waals surface area contributed by atoms with Crippen LogP contribution >= 0.6 is 0 Å². The fourth-order valence-electron chi connectivity index (χ4n) is 2.65. The van der Waals surface area contributed by atoms with Crippen molar-refractivity contribution in [2.75, 3.05) is 0 Å². The third-order valence-corrected chi connectivity index (χ3v) is 3.89. The Labute approximate surface area is 118 Å². The summed E-state index contributed by atoms with van der Waals surface area (Å²) >= 11 is 0. The molecule has 4 nitrogen and oxygen atoms in total. The lowest BCUT2D eigenvalue weighted by molar-refractivity contribution is -0.146. The van der Waals surface area contributed by atoms with E-state index >= 15 is 0 Å². The molecule has 1 N–H and O–H groups in total. The zero-order chi connectivity index (χ0) is 14.4.